The summed E-state index contributed by atoms with van der Waals surface area (Å²) in [5, 5.41) is 18.2. The van der Waals surface area contributed by atoms with Crippen LogP contribution in [-0.2, 0) is 6.73 Å². The van der Waals surface area contributed by atoms with Crippen LogP contribution in [0, 0.1) is 10.1 Å². The molecule has 10 nitrogen and oxygen atoms in total. The molecule has 1 aromatic heterocycles. The second kappa shape index (κ2) is 10.7. The molecule has 0 saturated carbocycles. The fraction of sp³-hybridized carbons (Fsp3) is 0.0833. The Hall–Kier alpha value is -4.38. The Bertz CT molecular complexity index is 1340. The van der Waals surface area contributed by atoms with Crippen molar-refractivity contribution in [3.63, 3.8) is 0 Å². The van der Waals surface area contributed by atoms with Crippen molar-refractivity contribution in [2.45, 2.75) is 6.73 Å². The maximum atomic E-state index is 12.7. The molecule has 0 bridgehead atoms. The molecule has 4 rings (SSSR count). The molecule has 0 spiro atoms. The van der Waals surface area contributed by atoms with E-state index in [1.165, 1.54) is 28.9 Å². The molecule has 4 aromatic rings. The van der Waals surface area contributed by atoms with Crippen molar-refractivity contribution in [3.05, 3.63) is 99.3 Å². The third kappa shape index (κ3) is 6.36. The number of nitro benzene ring substituents is 1. The van der Waals surface area contributed by atoms with Crippen molar-refractivity contribution >= 4 is 33.2 Å². The zero-order valence-electron chi connectivity index (χ0n) is 18.4. The average molecular weight is 539 g/mol. The maximum Gasteiger partial charge on any atom is 0.276 e. The number of amides is 1. The molecule has 0 aliphatic carbocycles. The van der Waals surface area contributed by atoms with Gasteiger partial charge in [0.15, 0.2) is 12.4 Å². The minimum atomic E-state index is -0.565. The van der Waals surface area contributed by atoms with Crippen LogP contribution in [0.3, 0.4) is 0 Å². The summed E-state index contributed by atoms with van der Waals surface area (Å²) in [5.41, 5.74) is 0.0710. The van der Waals surface area contributed by atoms with Crippen LogP contribution in [0.15, 0.2) is 83.5 Å². The second-order valence-electron chi connectivity index (χ2n) is 7.17. The van der Waals surface area contributed by atoms with Crippen molar-refractivity contribution in [2.24, 2.45) is 0 Å². The molecule has 0 saturated heterocycles. The number of aromatic nitrogens is 2. The standard InChI is InChI=1S/C24H19BrN4O6/c1-33-19-6-8-21(9-7-19)35-22-13-17(12-18(14-22)29(31)32)26-24(30)23-10-11-28(27-23)15-34-20-4-2-16(25)3-5-20/h2-14H,15H2,1H3,(H,26,30). The number of methoxy groups -OCH3 is 1. The fourth-order valence-electron chi connectivity index (χ4n) is 3.02. The number of nitrogens with zero attached hydrogens (tertiary/aromatic N) is 3. The molecule has 178 valence electrons. The van der Waals surface area contributed by atoms with Gasteiger partial charge in [-0.05, 0) is 54.6 Å². The number of rotatable bonds is 9. The third-order valence-corrected chi connectivity index (χ3v) is 5.23. The summed E-state index contributed by atoms with van der Waals surface area (Å²) < 4.78 is 18.9. The second-order valence-corrected chi connectivity index (χ2v) is 8.09. The normalized spacial score (nSPS) is 10.5. The van der Waals surface area contributed by atoms with Gasteiger partial charge < -0.3 is 19.5 Å². The van der Waals surface area contributed by atoms with Gasteiger partial charge >= 0.3 is 0 Å². The Kier molecular flexibility index (Phi) is 7.27. The van der Waals surface area contributed by atoms with Crippen LogP contribution in [0.5, 0.6) is 23.0 Å². The summed E-state index contributed by atoms with van der Waals surface area (Å²) >= 11 is 3.36. The van der Waals surface area contributed by atoms with Crippen LogP contribution in [-0.4, -0.2) is 27.7 Å². The van der Waals surface area contributed by atoms with Crippen LogP contribution in [0.1, 0.15) is 10.5 Å². The highest BCUT2D eigenvalue weighted by Crippen LogP contribution is 2.30. The van der Waals surface area contributed by atoms with Crippen molar-refractivity contribution in [3.8, 4) is 23.0 Å². The first-order chi connectivity index (χ1) is 16.9. The molecule has 1 N–H and O–H groups in total. The van der Waals surface area contributed by atoms with Gasteiger partial charge in [-0.1, -0.05) is 15.9 Å². The molecule has 0 unspecified atom stereocenters. The highest BCUT2D eigenvalue weighted by Gasteiger charge is 2.16. The summed E-state index contributed by atoms with van der Waals surface area (Å²) in [6.07, 6.45) is 1.60. The summed E-state index contributed by atoms with van der Waals surface area (Å²) in [6, 6.07) is 19.6. The molecule has 1 heterocycles. The third-order valence-electron chi connectivity index (χ3n) is 4.71. The molecule has 11 heteroatoms. The quantitative estimate of drug-likeness (QED) is 0.216. The van der Waals surface area contributed by atoms with E-state index in [0.29, 0.717) is 17.2 Å². The predicted octanol–water partition coefficient (Wildman–Crippen LogP) is 5.64. The van der Waals surface area contributed by atoms with Gasteiger partial charge in [0.05, 0.1) is 23.8 Å². The van der Waals surface area contributed by atoms with E-state index in [-0.39, 0.29) is 29.5 Å². The summed E-state index contributed by atoms with van der Waals surface area (Å²) in [4.78, 5) is 23.5. The van der Waals surface area contributed by atoms with E-state index in [1.807, 2.05) is 12.1 Å². The van der Waals surface area contributed by atoms with Gasteiger partial charge in [-0.2, -0.15) is 5.10 Å². The largest absolute Gasteiger partial charge is 0.497 e. The number of non-ortho nitro benzene ring substituents is 1. The number of carbonyl (C=O) groups excluding carboxylic acids is 1. The Morgan fingerprint density at radius 1 is 1.00 bits per heavy atom. The topological polar surface area (TPSA) is 118 Å². The van der Waals surface area contributed by atoms with Crippen LogP contribution >= 0.6 is 15.9 Å². The lowest BCUT2D eigenvalue weighted by molar-refractivity contribution is -0.384. The molecule has 35 heavy (non-hydrogen) atoms. The molecule has 0 aliphatic heterocycles. The number of halogens is 1. The van der Waals surface area contributed by atoms with Gasteiger partial charge in [-0.15, -0.1) is 0 Å². The van der Waals surface area contributed by atoms with E-state index in [9.17, 15) is 14.9 Å². The Morgan fingerprint density at radius 3 is 2.37 bits per heavy atom. The zero-order chi connectivity index (χ0) is 24.8. The summed E-state index contributed by atoms with van der Waals surface area (Å²) in [5.74, 6) is 1.39. The van der Waals surface area contributed by atoms with Crippen LogP contribution in [0.25, 0.3) is 0 Å². The van der Waals surface area contributed by atoms with E-state index < -0.39 is 10.8 Å². The fourth-order valence-corrected chi connectivity index (χ4v) is 3.29. The van der Waals surface area contributed by atoms with Gasteiger partial charge in [0.1, 0.15) is 23.0 Å². The minimum Gasteiger partial charge on any atom is -0.497 e. The van der Waals surface area contributed by atoms with Crippen LogP contribution in [0.4, 0.5) is 11.4 Å². The molecule has 0 atom stereocenters. The molecule has 0 radical (unpaired) electrons. The molecule has 1 amide bonds. The Morgan fingerprint density at radius 2 is 1.69 bits per heavy atom. The number of hydrogen-bond donors (Lipinski definition) is 1. The summed E-state index contributed by atoms with van der Waals surface area (Å²) in [7, 11) is 1.55. The lowest BCUT2D eigenvalue weighted by Gasteiger charge is -2.09. The van der Waals surface area contributed by atoms with Gasteiger partial charge in [0.2, 0.25) is 0 Å². The van der Waals surface area contributed by atoms with Gasteiger partial charge in [-0.3, -0.25) is 14.9 Å². The Balaban J connectivity index is 1.45. The van der Waals surface area contributed by atoms with Gasteiger partial charge in [0, 0.05) is 22.8 Å². The minimum absolute atomic E-state index is 0.103. The molecular formula is C24H19BrN4O6. The molecule has 3 aromatic carbocycles. The monoisotopic (exact) mass is 538 g/mol. The van der Waals surface area contributed by atoms with Crippen molar-refractivity contribution in [1.29, 1.82) is 0 Å². The smallest absolute Gasteiger partial charge is 0.276 e. The molecule has 0 aliphatic rings. The van der Waals surface area contributed by atoms with Gasteiger partial charge in [0.25, 0.3) is 11.6 Å². The van der Waals surface area contributed by atoms with E-state index in [1.54, 1.807) is 49.7 Å². The maximum absolute atomic E-state index is 12.7. The van der Waals surface area contributed by atoms with Gasteiger partial charge in [-0.25, -0.2) is 4.68 Å². The molecular weight excluding hydrogens is 520 g/mol. The first-order valence-corrected chi connectivity index (χ1v) is 11.0. The van der Waals surface area contributed by atoms with E-state index in [0.717, 1.165) is 4.47 Å². The number of hydrogen-bond acceptors (Lipinski definition) is 7. The first-order valence-electron chi connectivity index (χ1n) is 10.2. The predicted molar refractivity (Wildman–Crippen MR) is 131 cm³/mol. The lowest BCUT2D eigenvalue weighted by atomic mass is 10.2. The number of carbonyl (C=O) groups is 1. The zero-order valence-corrected chi connectivity index (χ0v) is 20.0. The van der Waals surface area contributed by atoms with Crippen LogP contribution < -0.4 is 19.5 Å². The first kappa shape index (κ1) is 23.8. The van der Waals surface area contributed by atoms with Crippen molar-refractivity contribution in [2.75, 3.05) is 12.4 Å². The highest BCUT2D eigenvalue weighted by molar-refractivity contribution is 9.10. The van der Waals surface area contributed by atoms with E-state index in [2.05, 4.69) is 26.3 Å². The lowest BCUT2D eigenvalue weighted by Crippen LogP contribution is -2.14. The molecule has 0 fully saturated rings. The number of nitrogens with one attached hydrogen (secondary N) is 1. The Labute approximate surface area is 208 Å². The number of nitro groups is 1. The highest BCUT2D eigenvalue weighted by atomic mass is 79.9. The average Bonchev–Trinajstić information content (AvgIpc) is 3.33. The van der Waals surface area contributed by atoms with Crippen molar-refractivity contribution in [1.82, 2.24) is 9.78 Å². The number of anilines is 1. The SMILES string of the molecule is COc1ccc(Oc2cc(NC(=O)c3ccn(COc4ccc(Br)cc4)n3)cc([N+](=O)[O-])c2)cc1. The number of benzene rings is 3. The van der Waals surface area contributed by atoms with E-state index in [4.69, 9.17) is 14.2 Å². The summed E-state index contributed by atoms with van der Waals surface area (Å²) in [6.45, 7) is 0.103. The van der Waals surface area contributed by atoms with E-state index >= 15 is 0 Å². The van der Waals surface area contributed by atoms with Crippen LogP contribution in [0.2, 0.25) is 0 Å². The number of ether oxygens (including phenoxy) is 3. The van der Waals surface area contributed by atoms with Crippen molar-refractivity contribution < 1.29 is 23.9 Å².